The van der Waals surface area contributed by atoms with E-state index in [0.29, 0.717) is 5.56 Å². The highest BCUT2D eigenvalue weighted by Crippen LogP contribution is 2.34. The summed E-state index contributed by atoms with van der Waals surface area (Å²) in [4.78, 5) is 21.2. The number of carboxylic acids is 1. The Morgan fingerprint density at radius 2 is 1.85 bits per heavy atom. The number of hydrogen-bond acceptors (Lipinski definition) is 4. The van der Waals surface area contributed by atoms with Gasteiger partial charge in [0, 0.05) is 11.6 Å². The van der Waals surface area contributed by atoms with Crippen molar-refractivity contribution in [1.82, 2.24) is 0 Å². The third-order valence-electron chi connectivity index (χ3n) is 2.76. The minimum atomic E-state index is -1.31. The highest BCUT2D eigenvalue weighted by atomic mass is 19.1. The lowest BCUT2D eigenvalue weighted by atomic mass is 9.99. The number of nitrogens with zero attached hydrogens (tertiary/aromatic N) is 1. The van der Waals surface area contributed by atoms with Crippen molar-refractivity contribution in [3.63, 3.8) is 0 Å². The summed E-state index contributed by atoms with van der Waals surface area (Å²) in [5.74, 6) is -1.78. The number of nitro groups is 1. The van der Waals surface area contributed by atoms with Crippen LogP contribution in [0.1, 0.15) is 10.4 Å². The summed E-state index contributed by atoms with van der Waals surface area (Å²) in [6.45, 7) is 0. The maximum atomic E-state index is 12.9. The molecule has 102 valence electrons. The minimum absolute atomic E-state index is 0.161. The number of nitrogens with two attached hydrogens (primary N) is 1. The molecule has 2 aromatic carbocycles. The summed E-state index contributed by atoms with van der Waals surface area (Å²) in [6.07, 6.45) is 0. The fraction of sp³-hybridized carbons (Fsp3) is 0. The summed E-state index contributed by atoms with van der Waals surface area (Å²) in [5, 5.41) is 19.9. The first-order valence-electron chi connectivity index (χ1n) is 5.47. The molecule has 0 atom stereocenters. The number of benzene rings is 2. The van der Waals surface area contributed by atoms with Gasteiger partial charge in [0.05, 0.1) is 10.5 Å². The standard InChI is InChI=1S/C13H9FN2O4/c14-9-3-1-7(2-4-9)10-5-8(13(17)18)6-11(12(10)15)16(19)20/h1-6H,15H2,(H,17,18). The summed E-state index contributed by atoms with van der Waals surface area (Å²) < 4.78 is 12.9. The van der Waals surface area contributed by atoms with Crippen LogP contribution in [-0.4, -0.2) is 16.0 Å². The van der Waals surface area contributed by atoms with Crippen LogP contribution in [0.25, 0.3) is 11.1 Å². The van der Waals surface area contributed by atoms with Crippen molar-refractivity contribution < 1.29 is 19.2 Å². The zero-order chi connectivity index (χ0) is 14.9. The molecular weight excluding hydrogens is 267 g/mol. The topological polar surface area (TPSA) is 106 Å². The number of anilines is 1. The Hall–Kier alpha value is -2.96. The summed E-state index contributed by atoms with van der Waals surface area (Å²) in [6, 6.07) is 7.18. The first-order valence-corrected chi connectivity index (χ1v) is 5.47. The monoisotopic (exact) mass is 276 g/mol. The highest BCUT2D eigenvalue weighted by Gasteiger charge is 2.20. The summed E-state index contributed by atoms with van der Waals surface area (Å²) in [7, 11) is 0. The van der Waals surface area contributed by atoms with Crippen LogP contribution in [0.3, 0.4) is 0 Å². The predicted molar refractivity (Wildman–Crippen MR) is 69.9 cm³/mol. The van der Waals surface area contributed by atoms with Crippen LogP contribution in [0.4, 0.5) is 15.8 Å². The van der Waals surface area contributed by atoms with Crippen molar-refractivity contribution in [2.75, 3.05) is 5.73 Å². The van der Waals surface area contributed by atoms with Gasteiger partial charge in [-0.2, -0.15) is 0 Å². The number of rotatable bonds is 3. The smallest absolute Gasteiger partial charge is 0.335 e. The maximum absolute atomic E-state index is 12.9. The lowest BCUT2D eigenvalue weighted by Crippen LogP contribution is -2.03. The molecule has 0 fully saturated rings. The number of carbonyl (C=O) groups is 1. The molecule has 0 unspecified atom stereocenters. The first-order chi connectivity index (χ1) is 9.40. The van der Waals surface area contributed by atoms with Gasteiger partial charge in [0.15, 0.2) is 0 Å². The Morgan fingerprint density at radius 1 is 1.25 bits per heavy atom. The summed E-state index contributed by atoms with van der Waals surface area (Å²) >= 11 is 0. The van der Waals surface area contributed by atoms with Crippen molar-refractivity contribution in [2.24, 2.45) is 0 Å². The van der Waals surface area contributed by atoms with E-state index in [9.17, 15) is 19.3 Å². The van der Waals surface area contributed by atoms with Gasteiger partial charge in [-0.25, -0.2) is 9.18 Å². The lowest BCUT2D eigenvalue weighted by Gasteiger charge is -2.08. The number of aromatic carboxylic acids is 1. The van der Waals surface area contributed by atoms with Crippen molar-refractivity contribution in [1.29, 1.82) is 0 Å². The molecule has 2 aromatic rings. The van der Waals surface area contributed by atoms with Gasteiger partial charge >= 0.3 is 5.97 Å². The molecule has 0 amide bonds. The SMILES string of the molecule is Nc1c(-c2ccc(F)cc2)cc(C(=O)O)cc1[N+](=O)[O-]. The summed E-state index contributed by atoms with van der Waals surface area (Å²) in [5.41, 5.74) is 5.35. The fourth-order valence-corrected chi connectivity index (χ4v) is 1.78. The van der Waals surface area contributed by atoms with Crippen LogP contribution < -0.4 is 5.73 Å². The van der Waals surface area contributed by atoms with E-state index in [-0.39, 0.29) is 16.8 Å². The largest absolute Gasteiger partial charge is 0.478 e. The van der Waals surface area contributed by atoms with Gasteiger partial charge in [0.1, 0.15) is 11.5 Å². The van der Waals surface area contributed by atoms with Crippen LogP contribution in [0, 0.1) is 15.9 Å². The molecular formula is C13H9FN2O4. The van der Waals surface area contributed by atoms with Gasteiger partial charge in [-0.3, -0.25) is 10.1 Å². The molecule has 0 aromatic heterocycles. The number of nitrogen functional groups attached to an aromatic ring is 1. The Balaban J connectivity index is 2.71. The third-order valence-corrected chi connectivity index (χ3v) is 2.76. The molecule has 2 rings (SSSR count). The van der Waals surface area contributed by atoms with Crippen molar-refractivity contribution >= 4 is 17.3 Å². The van der Waals surface area contributed by atoms with Crippen LogP contribution >= 0.6 is 0 Å². The first kappa shape index (κ1) is 13.5. The molecule has 20 heavy (non-hydrogen) atoms. The molecule has 0 bridgehead atoms. The van der Waals surface area contributed by atoms with E-state index in [4.69, 9.17) is 10.8 Å². The highest BCUT2D eigenvalue weighted by molar-refractivity contribution is 5.94. The molecule has 6 nitrogen and oxygen atoms in total. The van der Waals surface area contributed by atoms with E-state index in [1.165, 1.54) is 18.2 Å². The quantitative estimate of drug-likeness (QED) is 0.509. The molecule has 0 spiro atoms. The van der Waals surface area contributed by atoms with Crippen LogP contribution in [0.15, 0.2) is 36.4 Å². The van der Waals surface area contributed by atoms with E-state index in [1.807, 2.05) is 0 Å². The van der Waals surface area contributed by atoms with E-state index in [0.717, 1.165) is 18.2 Å². The van der Waals surface area contributed by atoms with Gasteiger partial charge < -0.3 is 10.8 Å². The molecule has 0 saturated heterocycles. The lowest BCUT2D eigenvalue weighted by molar-refractivity contribution is -0.383. The molecule has 3 N–H and O–H groups in total. The number of hydrogen-bond donors (Lipinski definition) is 2. The Kier molecular flexibility index (Phi) is 3.34. The van der Waals surface area contributed by atoms with Gasteiger partial charge in [-0.05, 0) is 23.8 Å². The molecule has 0 aliphatic heterocycles. The van der Waals surface area contributed by atoms with Crippen molar-refractivity contribution in [3.05, 3.63) is 57.9 Å². The molecule has 0 aliphatic carbocycles. The van der Waals surface area contributed by atoms with Crippen LogP contribution in [-0.2, 0) is 0 Å². The van der Waals surface area contributed by atoms with E-state index < -0.39 is 22.4 Å². The van der Waals surface area contributed by atoms with E-state index >= 15 is 0 Å². The van der Waals surface area contributed by atoms with Gasteiger partial charge in [0.2, 0.25) is 0 Å². The Morgan fingerprint density at radius 3 is 2.35 bits per heavy atom. The number of nitro benzene ring substituents is 1. The normalized spacial score (nSPS) is 10.2. The van der Waals surface area contributed by atoms with Gasteiger partial charge in [-0.1, -0.05) is 12.1 Å². The minimum Gasteiger partial charge on any atom is -0.478 e. The third kappa shape index (κ3) is 2.41. The number of halogens is 1. The molecule has 0 heterocycles. The maximum Gasteiger partial charge on any atom is 0.335 e. The molecule has 7 heteroatoms. The van der Waals surface area contributed by atoms with Crippen LogP contribution in [0.2, 0.25) is 0 Å². The van der Waals surface area contributed by atoms with Gasteiger partial charge in [-0.15, -0.1) is 0 Å². The second-order valence-corrected chi connectivity index (χ2v) is 4.03. The molecule has 0 aliphatic rings. The second-order valence-electron chi connectivity index (χ2n) is 4.03. The zero-order valence-electron chi connectivity index (χ0n) is 10.0. The second kappa shape index (κ2) is 4.96. The average molecular weight is 276 g/mol. The van der Waals surface area contributed by atoms with Gasteiger partial charge in [0.25, 0.3) is 5.69 Å². The molecule has 0 radical (unpaired) electrons. The fourth-order valence-electron chi connectivity index (χ4n) is 1.78. The van der Waals surface area contributed by atoms with Crippen molar-refractivity contribution in [3.8, 4) is 11.1 Å². The average Bonchev–Trinajstić information content (AvgIpc) is 2.39. The Bertz CT molecular complexity index is 698. The van der Waals surface area contributed by atoms with Crippen molar-refractivity contribution in [2.45, 2.75) is 0 Å². The molecule has 0 saturated carbocycles. The van der Waals surface area contributed by atoms with E-state index in [2.05, 4.69) is 0 Å². The van der Waals surface area contributed by atoms with E-state index in [1.54, 1.807) is 0 Å². The number of carboxylic acid groups (broad SMARTS) is 1. The van der Waals surface area contributed by atoms with Crippen LogP contribution in [0.5, 0.6) is 0 Å². The predicted octanol–water partition coefficient (Wildman–Crippen LogP) is 2.68. The Labute approximate surface area is 112 Å². The zero-order valence-corrected chi connectivity index (χ0v) is 10.0.